The topological polar surface area (TPSA) is 49.4 Å². The molecule has 0 spiro atoms. The Balaban J connectivity index is 2.25. The molecule has 3 heteroatoms. The van der Waals surface area contributed by atoms with E-state index in [4.69, 9.17) is 9.83 Å². The highest BCUT2D eigenvalue weighted by Gasteiger charge is 2.38. The largest absolute Gasteiger partial charge is 0.470 e. The fraction of sp³-hybridized carbons (Fsp3) is 0.143. The van der Waals surface area contributed by atoms with Gasteiger partial charge in [0.15, 0.2) is 0 Å². The molecule has 0 aliphatic heterocycles. The van der Waals surface area contributed by atoms with Crippen molar-refractivity contribution in [1.29, 1.82) is 5.41 Å². The van der Waals surface area contributed by atoms with Crippen molar-refractivity contribution in [2.45, 2.75) is 19.3 Å². The summed E-state index contributed by atoms with van der Waals surface area (Å²) in [6.07, 6.45) is 6.81. The van der Waals surface area contributed by atoms with Gasteiger partial charge in [0.1, 0.15) is 18.2 Å². The van der Waals surface area contributed by atoms with E-state index in [9.17, 15) is 0 Å². The molecule has 3 rings (SSSR count). The van der Waals surface area contributed by atoms with E-state index in [1.54, 1.807) is 6.26 Å². The van der Waals surface area contributed by atoms with Gasteiger partial charge >= 0.3 is 0 Å². The van der Waals surface area contributed by atoms with Crippen LogP contribution in [0, 0.1) is 5.41 Å². The highest BCUT2D eigenvalue weighted by Crippen LogP contribution is 2.49. The van der Waals surface area contributed by atoms with Crippen molar-refractivity contribution in [2.75, 3.05) is 0 Å². The Morgan fingerprint density at radius 2 is 1.92 bits per heavy atom. The molecule has 24 heavy (non-hydrogen) atoms. The van der Waals surface area contributed by atoms with E-state index in [-0.39, 0.29) is 5.41 Å². The van der Waals surface area contributed by atoms with Crippen molar-refractivity contribution in [3.05, 3.63) is 83.9 Å². The van der Waals surface area contributed by atoms with E-state index >= 15 is 0 Å². The van der Waals surface area contributed by atoms with Crippen molar-refractivity contribution in [1.82, 2.24) is 0 Å². The van der Waals surface area contributed by atoms with Crippen LogP contribution in [0.5, 0.6) is 0 Å². The number of fused-ring (bicyclic) bond motifs is 1. The molecular weight excluding hydrogens is 296 g/mol. The number of benzene rings is 1. The minimum absolute atomic E-state index is 0.255. The van der Waals surface area contributed by atoms with Gasteiger partial charge in [0.2, 0.25) is 0 Å². The van der Waals surface area contributed by atoms with E-state index < -0.39 is 0 Å². The summed E-state index contributed by atoms with van der Waals surface area (Å²) in [6, 6.07) is 6.01. The maximum absolute atomic E-state index is 8.70. The van der Waals surface area contributed by atoms with Crippen LogP contribution in [0.4, 0.5) is 5.69 Å². The van der Waals surface area contributed by atoms with E-state index in [0.717, 1.165) is 27.8 Å². The van der Waals surface area contributed by atoms with Gasteiger partial charge in [-0.3, -0.25) is 10.4 Å². The highest BCUT2D eigenvalue weighted by molar-refractivity contribution is 6.15. The predicted octanol–water partition coefficient (Wildman–Crippen LogP) is 5.44. The molecule has 0 bridgehead atoms. The highest BCUT2D eigenvalue weighted by atomic mass is 16.3. The summed E-state index contributed by atoms with van der Waals surface area (Å²) in [5.41, 5.74) is 6.62. The zero-order valence-corrected chi connectivity index (χ0v) is 14.0. The number of hydrogen-bond acceptors (Lipinski definition) is 3. The molecule has 0 unspecified atom stereocenters. The molecule has 1 aromatic heterocycles. The Labute approximate surface area is 142 Å². The van der Waals surface area contributed by atoms with Crippen LogP contribution in [-0.4, -0.2) is 12.4 Å². The van der Waals surface area contributed by atoms with Crippen molar-refractivity contribution >= 4 is 23.7 Å². The summed E-state index contributed by atoms with van der Waals surface area (Å²) in [5, 5.41) is 8.70. The first kappa shape index (κ1) is 15.9. The molecule has 120 valence electrons. The van der Waals surface area contributed by atoms with Gasteiger partial charge < -0.3 is 4.42 Å². The first-order valence-corrected chi connectivity index (χ1v) is 7.73. The quantitative estimate of drug-likeness (QED) is 0.733. The molecule has 0 fully saturated rings. The molecule has 0 saturated heterocycles. The molecule has 0 atom stereocenters. The Morgan fingerprint density at radius 1 is 1.17 bits per heavy atom. The summed E-state index contributed by atoms with van der Waals surface area (Å²) in [5.74, 6) is 0. The second-order valence-electron chi connectivity index (χ2n) is 6.29. The lowest BCUT2D eigenvalue weighted by Crippen LogP contribution is -2.20. The minimum Gasteiger partial charge on any atom is -0.470 e. The lowest BCUT2D eigenvalue weighted by Gasteiger charge is -2.25. The molecule has 1 heterocycles. The lowest BCUT2D eigenvalue weighted by atomic mass is 9.77. The Morgan fingerprint density at radius 3 is 2.54 bits per heavy atom. The Hall–Kier alpha value is -2.94. The molecule has 0 amide bonds. The third kappa shape index (κ3) is 2.05. The third-order valence-electron chi connectivity index (χ3n) is 4.70. The van der Waals surface area contributed by atoms with Crippen LogP contribution in [0.25, 0.3) is 5.57 Å². The van der Waals surface area contributed by atoms with E-state index in [1.807, 2.05) is 24.3 Å². The number of furan rings is 1. The van der Waals surface area contributed by atoms with E-state index in [0.29, 0.717) is 17.0 Å². The average molecular weight is 316 g/mol. The normalized spacial score (nSPS) is 15.1. The lowest BCUT2D eigenvalue weighted by molar-refractivity contribution is 0.567. The van der Waals surface area contributed by atoms with Gasteiger partial charge in [0.05, 0.1) is 11.3 Å². The average Bonchev–Trinajstić information content (AvgIpc) is 3.14. The number of allylic oxidation sites excluding steroid dienone is 4. The number of nitrogens with zero attached hydrogens (tertiary/aromatic N) is 1. The van der Waals surface area contributed by atoms with Crippen molar-refractivity contribution in [3.8, 4) is 0 Å². The van der Waals surface area contributed by atoms with Gasteiger partial charge in [-0.25, -0.2) is 0 Å². The van der Waals surface area contributed by atoms with Gasteiger partial charge in [-0.05, 0) is 29.0 Å². The molecule has 0 radical (unpaired) electrons. The zero-order valence-electron chi connectivity index (χ0n) is 14.0. The third-order valence-corrected chi connectivity index (χ3v) is 4.70. The number of rotatable bonds is 5. The van der Waals surface area contributed by atoms with Crippen LogP contribution in [0.1, 0.15) is 36.1 Å². The van der Waals surface area contributed by atoms with Crippen molar-refractivity contribution in [2.24, 2.45) is 4.99 Å². The number of hydrogen-bond donors (Lipinski definition) is 1. The summed E-state index contributed by atoms with van der Waals surface area (Å²) in [6.45, 7) is 15.8. The van der Waals surface area contributed by atoms with Crippen molar-refractivity contribution < 1.29 is 4.42 Å². The van der Waals surface area contributed by atoms with Gasteiger partial charge in [-0.2, -0.15) is 0 Å². The standard InChI is InChI=1S/C21H20N2O/c1-6-13-14-9-8-10-15(19(14)21(3,4)17(13)7-2)20(22)16-11-24-12-18(16)23-5/h6-12,22H,1-2,5H2,3-4H3. The molecule has 1 aliphatic carbocycles. The molecule has 1 aliphatic rings. The molecule has 1 aromatic carbocycles. The molecule has 0 saturated carbocycles. The first-order valence-electron chi connectivity index (χ1n) is 7.73. The maximum atomic E-state index is 8.70. The monoisotopic (exact) mass is 316 g/mol. The maximum Gasteiger partial charge on any atom is 0.117 e. The second kappa shape index (κ2) is 5.60. The second-order valence-corrected chi connectivity index (χ2v) is 6.29. The van der Waals surface area contributed by atoms with Gasteiger partial charge in [0, 0.05) is 11.0 Å². The summed E-state index contributed by atoms with van der Waals surface area (Å²) >= 11 is 0. The summed E-state index contributed by atoms with van der Waals surface area (Å²) in [7, 11) is 0. The number of aliphatic imine (C=N–C) groups is 1. The van der Waals surface area contributed by atoms with Crippen LogP contribution in [0.3, 0.4) is 0 Å². The Bertz CT molecular complexity index is 910. The smallest absolute Gasteiger partial charge is 0.117 e. The van der Waals surface area contributed by atoms with Crippen LogP contribution in [0.15, 0.2) is 71.0 Å². The van der Waals surface area contributed by atoms with Crippen molar-refractivity contribution in [3.63, 3.8) is 0 Å². The molecule has 3 nitrogen and oxygen atoms in total. The van der Waals surface area contributed by atoms with E-state index in [1.165, 1.54) is 6.26 Å². The fourth-order valence-corrected chi connectivity index (χ4v) is 3.60. The van der Waals surface area contributed by atoms with Crippen LogP contribution < -0.4 is 0 Å². The predicted molar refractivity (Wildman–Crippen MR) is 101 cm³/mol. The number of nitrogens with one attached hydrogen (secondary N) is 1. The van der Waals surface area contributed by atoms with Gasteiger partial charge in [0.25, 0.3) is 0 Å². The van der Waals surface area contributed by atoms with Crippen LogP contribution in [0.2, 0.25) is 0 Å². The molecule has 1 N–H and O–H groups in total. The van der Waals surface area contributed by atoms with Crippen LogP contribution >= 0.6 is 0 Å². The molecular formula is C21H20N2O. The minimum atomic E-state index is -0.255. The zero-order chi connectivity index (χ0) is 17.5. The fourth-order valence-electron chi connectivity index (χ4n) is 3.60. The van der Waals surface area contributed by atoms with Gasteiger partial charge in [-0.15, -0.1) is 0 Å². The van der Waals surface area contributed by atoms with Crippen LogP contribution in [-0.2, 0) is 5.41 Å². The SMILES string of the molecule is C=CC1=C(C=C)C(C)(C)c2c(C(=N)c3cocc3N=C)cccc21. The molecule has 2 aromatic rings. The Kier molecular flexibility index (Phi) is 3.72. The summed E-state index contributed by atoms with van der Waals surface area (Å²) in [4.78, 5) is 3.94. The van der Waals surface area contributed by atoms with Gasteiger partial charge in [-0.1, -0.05) is 57.4 Å². The first-order chi connectivity index (χ1) is 11.5. The van der Waals surface area contributed by atoms with E-state index in [2.05, 4.69) is 44.8 Å². The summed E-state index contributed by atoms with van der Waals surface area (Å²) < 4.78 is 5.22.